The van der Waals surface area contributed by atoms with Crippen molar-refractivity contribution in [1.82, 2.24) is 10.2 Å². The van der Waals surface area contributed by atoms with Gasteiger partial charge in [-0.1, -0.05) is 6.42 Å². The molecular formula is C11H22N2O. The van der Waals surface area contributed by atoms with Crippen molar-refractivity contribution in [3.05, 3.63) is 0 Å². The monoisotopic (exact) mass is 198 g/mol. The molecule has 3 atom stereocenters. The molecule has 0 aromatic carbocycles. The molecule has 2 saturated heterocycles. The predicted octanol–water partition coefficient (Wildman–Crippen LogP) is 0.441. The van der Waals surface area contributed by atoms with Crippen LogP contribution in [-0.4, -0.2) is 48.8 Å². The second-order valence-electron chi connectivity index (χ2n) is 4.83. The van der Waals surface area contributed by atoms with Crippen LogP contribution in [0.25, 0.3) is 0 Å². The topological polar surface area (TPSA) is 35.5 Å². The van der Waals surface area contributed by atoms with E-state index in [1.807, 2.05) is 0 Å². The van der Waals surface area contributed by atoms with Crippen molar-refractivity contribution >= 4 is 0 Å². The molecule has 2 heterocycles. The number of nitrogens with zero attached hydrogens (tertiary/aromatic N) is 1. The van der Waals surface area contributed by atoms with Gasteiger partial charge >= 0.3 is 0 Å². The average molecular weight is 198 g/mol. The summed E-state index contributed by atoms with van der Waals surface area (Å²) in [6.07, 6.45) is 5.25. The van der Waals surface area contributed by atoms with Crippen LogP contribution in [0.1, 0.15) is 25.7 Å². The first-order chi connectivity index (χ1) is 6.81. The van der Waals surface area contributed by atoms with E-state index in [1.165, 1.54) is 25.8 Å². The summed E-state index contributed by atoms with van der Waals surface area (Å²) in [5.74, 6) is 0.762. The molecule has 2 aliphatic rings. The summed E-state index contributed by atoms with van der Waals surface area (Å²) >= 11 is 0. The normalized spacial score (nSPS) is 40.3. The Bertz CT molecular complexity index is 186. The lowest BCUT2D eigenvalue weighted by atomic mass is 9.89. The van der Waals surface area contributed by atoms with Crippen LogP contribution in [0.3, 0.4) is 0 Å². The van der Waals surface area contributed by atoms with Gasteiger partial charge in [0.25, 0.3) is 0 Å². The molecule has 14 heavy (non-hydrogen) atoms. The Kier molecular flexibility index (Phi) is 3.42. The second-order valence-corrected chi connectivity index (χ2v) is 4.83. The van der Waals surface area contributed by atoms with Gasteiger partial charge in [-0.15, -0.1) is 0 Å². The van der Waals surface area contributed by atoms with Gasteiger partial charge in [0, 0.05) is 12.1 Å². The van der Waals surface area contributed by atoms with E-state index < -0.39 is 0 Å². The lowest BCUT2D eigenvalue weighted by molar-refractivity contribution is 0.133. The van der Waals surface area contributed by atoms with Crippen molar-refractivity contribution in [1.29, 1.82) is 0 Å². The molecule has 0 radical (unpaired) electrons. The average Bonchev–Trinajstić information content (AvgIpc) is 2.67. The molecule has 0 aromatic rings. The van der Waals surface area contributed by atoms with Gasteiger partial charge in [-0.25, -0.2) is 0 Å². The molecule has 3 unspecified atom stereocenters. The van der Waals surface area contributed by atoms with Crippen molar-refractivity contribution in [2.24, 2.45) is 5.92 Å². The number of aliphatic hydroxyl groups excluding tert-OH is 1. The summed E-state index contributed by atoms with van der Waals surface area (Å²) in [5, 5.41) is 12.5. The van der Waals surface area contributed by atoms with Crippen LogP contribution in [0, 0.1) is 5.92 Å². The van der Waals surface area contributed by atoms with Gasteiger partial charge in [0.15, 0.2) is 0 Å². The molecule has 82 valence electrons. The number of nitrogens with one attached hydrogen (secondary N) is 1. The Morgan fingerprint density at radius 2 is 2.29 bits per heavy atom. The molecule has 3 nitrogen and oxygen atoms in total. The third kappa shape index (κ3) is 2.10. The molecule has 0 spiro atoms. The third-order valence-corrected chi connectivity index (χ3v) is 3.85. The minimum atomic E-state index is 0.299. The van der Waals surface area contributed by atoms with E-state index in [4.69, 9.17) is 5.11 Å². The lowest BCUT2D eigenvalue weighted by Gasteiger charge is -2.36. The Morgan fingerprint density at radius 1 is 1.43 bits per heavy atom. The highest BCUT2D eigenvalue weighted by Crippen LogP contribution is 2.27. The maximum absolute atomic E-state index is 9.07. The third-order valence-electron chi connectivity index (χ3n) is 3.85. The Labute approximate surface area is 86.5 Å². The molecule has 2 aliphatic heterocycles. The van der Waals surface area contributed by atoms with Crippen LogP contribution in [0.15, 0.2) is 0 Å². The van der Waals surface area contributed by atoms with E-state index in [-0.39, 0.29) is 0 Å². The van der Waals surface area contributed by atoms with Crippen LogP contribution >= 0.6 is 0 Å². The zero-order valence-electron chi connectivity index (χ0n) is 9.08. The molecule has 2 N–H and O–H groups in total. The van der Waals surface area contributed by atoms with Gasteiger partial charge in [0.1, 0.15) is 0 Å². The second kappa shape index (κ2) is 4.60. The van der Waals surface area contributed by atoms with E-state index in [0.29, 0.717) is 12.6 Å². The zero-order chi connectivity index (χ0) is 9.97. The van der Waals surface area contributed by atoms with Crippen LogP contribution in [0.2, 0.25) is 0 Å². The van der Waals surface area contributed by atoms with Gasteiger partial charge < -0.3 is 15.3 Å². The van der Waals surface area contributed by atoms with Gasteiger partial charge in [-0.05, 0) is 45.3 Å². The van der Waals surface area contributed by atoms with Crippen molar-refractivity contribution in [3.63, 3.8) is 0 Å². The standard InChI is InChI=1S/C11H22N2O/c1-13-5-3-2-4-11(13)9-6-10(8-14)12-7-9/h9-12,14H,2-8H2,1H3. The van der Waals surface area contributed by atoms with Crippen LogP contribution < -0.4 is 5.32 Å². The highest BCUT2D eigenvalue weighted by atomic mass is 16.3. The molecule has 2 fully saturated rings. The summed E-state index contributed by atoms with van der Waals surface area (Å²) in [4.78, 5) is 2.51. The number of aliphatic hydroxyl groups is 1. The Morgan fingerprint density at radius 3 is 2.93 bits per heavy atom. The number of rotatable bonds is 2. The Balaban J connectivity index is 1.88. The van der Waals surface area contributed by atoms with Gasteiger partial charge in [0.05, 0.1) is 6.61 Å². The van der Waals surface area contributed by atoms with Crippen LogP contribution in [0.4, 0.5) is 0 Å². The summed E-state index contributed by atoms with van der Waals surface area (Å²) in [6.45, 7) is 2.65. The fraction of sp³-hybridized carbons (Fsp3) is 1.00. The van der Waals surface area contributed by atoms with Crippen LogP contribution in [-0.2, 0) is 0 Å². The molecule has 0 saturated carbocycles. The number of piperidine rings is 1. The van der Waals surface area contributed by atoms with E-state index in [1.54, 1.807) is 0 Å². The van der Waals surface area contributed by atoms with Gasteiger partial charge in [-0.3, -0.25) is 0 Å². The maximum Gasteiger partial charge on any atom is 0.0584 e. The number of hydrogen-bond acceptors (Lipinski definition) is 3. The van der Waals surface area contributed by atoms with E-state index in [0.717, 1.165) is 24.9 Å². The lowest BCUT2D eigenvalue weighted by Crippen LogP contribution is -2.42. The SMILES string of the molecule is CN1CCCCC1C1CNC(CO)C1. The smallest absolute Gasteiger partial charge is 0.0584 e. The van der Waals surface area contributed by atoms with E-state index in [9.17, 15) is 0 Å². The molecule has 0 aliphatic carbocycles. The first-order valence-electron chi connectivity index (χ1n) is 5.85. The van der Waals surface area contributed by atoms with Crippen LogP contribution in [0.5, 0.6) is 0 Å². The zero-order valence-corrected chi connectivity index (χ0v) is 9.08. The van der Waals surface area contributed by atoms with E-state index >= 15 is 0 Å². The van der Waals surface area contributed by atoms with Gasteiger partial charge in [-0.2, -0.15) is 0 Å². The van der Waals surface area contributed by atoms with Crippen molar-refractivity contribution in [2.45, 2.75) is 37.8 Å². The van der Waals surface area contributed by atoms with Crippen molar-refractivity contribution < 1.29 is 5.11 Å². The molecule has 0 bridgehead atoms. The first-order valence-corrected chi connectivity index (χ1v) is 5.85. The quantitative estimate of drug-likeness (QED) is 0.676. The fourth-order valence-electron chi connectivity index (χ4n) is 2.98. The number of likely N-dealkylation sites (tertiary alicyclic amines) is 1. The van der Waals surface area contributed by atoms with Gasteiger partial charge in [0.2, 0.25) is 0 Å². The summed E-state index contributed by atoms with van der Waals surface area (Å²) in [6, 6.07) is 1.11. The fourth-order valence-corrected chi connectivity index (χ4v) is 2.98. The minimum Gasteiger partial charge on any atom is -0.395 e. The largest absolute Gasteiger partial charge is 0.395 e. The van der Waals surface area contributed by atoms with E-state index in [2.05, 4.69) is 17.3 Å². The molecule has 0 aromatic heterocycles. The minimum absolute atomic E-state index is 0.299. The highest BCUT2D eigenvalue weighted by Gasteiger charge is 2.33. The summed E-state index contributed by atoms with van der Waals surface area (Å²) in [7, 11) is 2.25. The molecule has 2 rings (SSSR count). The van der Waals surface area contributed by atoms with Crippen molar-refractivity contribution in [2.75, 3.05) is 26.7 Å². The molecule has 0 amide bonds. The molecular weight excluding hydrogens is 176 g/mol. The molecule has 3 heteroatoms. The highest BCUT2D eigenvalue weighted by molar-refractivity contribution is 4.90. The first kappa shape index (κ1) is 10.4. The summed E-state index contributed by atoms with van der Waals surface area (Å²) < 4.78 is 0. The predicted molar refractivity (Wildman–Crippen MR) is 57.3 cm³/mol. The maximum atomic E-state index is 9.07. The van der Waals surface area contributed by atoms with Crippen molar-refractivity contribution in [3.8, 4) is 0 Å². The Hall–Kier alpha value is -0.120. The summed E-state index contributed by atoms with van der Waals surface area (Å²) in [5.41, 5.74) is 0. The number of hydrogen-bond donors (Lipinski definition) is 2.